The molecule has 0 aliphatic heterocycles. The van der Waals surface area contributed by atoms with Gasteiger partial charge in [0.25, 0.3) is 0 Å². The van der Waals surface area contributed by atoms with Crippen LogP contribution in [0.15, 0.2) is 9.98 Å². The predicted molar refractivity (Wildman–Crippen MR) is 53.5 cm³/mol. The summed E-state index contributed by atoms with van der Waals surface area (Å²) in [6.07, 6.45) is 2.35. The van der Waals surface area contributed by atoms with E-state index in [9.17, 15) is 14.4 Å². The molecule has 0 aromatic rings. The molecule has 0 aliphatic rings. The summed E-state index contributed by atoms with van der Waals surface area (Å²) in [5, 5.41) is 0. The van der Waals surface area contributed by atoms with Crippen LogP contribution in [0, 0.1) is 0 Å². The van der Waals surface area contributed by atoms with Gasteiger partial charge >= 0.3 is 6.09 Å². The van der Waals surface area contributed by atoms with E-state index in [1.165, 1.54) is 6.08 Å². The number of aliphatic imine (C=N–C) groups is 2. The largest absolute Gasteiger partial charge is 0.448 e. The Hall–Kier alpha value is -1.48. The first kappa shape index (κ1) is 16.0. The highest BCUT2D eigenvalue weighted by atomic mass is 35.5. The van der Waals surface area contributed by atoms with Crippen LogP contribution in [-0.4, -0.2) is 37.3 Å². The normalized spacial score (nSPS) is 7.33. The molecule has 0 spiro atoms. The molecule has 0 N–H and O–H groups in total. The lowest BCUT2D eigenvalue weighted by Crippen LogP contribution is -1.95. The standard InChI is InChI=1S/C4H6ClNO.C4H5NO3/c5-2-1-3-6-4-7;1-2-8-4(7)5-3-6/h1-3H2;2H2,1H3. The molecule has 0 rings (SSSR count). The quantitative estimate of drug-likeness (QED) is 0.319. The average molecular weight is 235 g/mol. The van der Waals surface area contributed by atoms with Gasteiger partial charge in [-0.25, -0.2) is 19.4 Å². The number of alkyl halides is 1. The monoisotopic (exact) mass is 234 g/mol. The molecule has 0 atom stereocenters. The maximum atomic E-state index is 9.99. The number of carbonyl (C=O) groups is 1. The van der Waals surface area contributed by atoms with Crippen molar-refractivity contribution in [1.29, 1.82) is 0 Å². The van der Waals surface area contributed by atoms with E-state index in [4.69, 9.17) is 11.6 Å². The molecule has 0 unspecified atom stereocenters. The van der Waals surface area contributed by atoms with Crippen LogP contribution >= 0.6 is 11.6 Å². The van der Waals surface area contributed by atoms with E-state index in [1.807, 2.05) is 0 Å². The van der Waals surface area contributed by atoms with Gasteiger partial charge in [-0.1, -0.05) is 4.99 Å². The summed E-state index contributed by atoms with van der Waals surface area (Å²) in [4.78, 5) is 34.6. The summed E-state index contributed by atoms with van der Waals surface area (Å²) in [5.41, 5.74) is 0. The molecular weight excluding hydrogens is 224 g/mol. The molecule has 0 aromatic heterocycles. The molecule has 0 radical (unpaired) electrons. The summed E-state index contributed by atoms with van der Waals surface area (Å²) < 4.78 is 4.21. The van der Waals surface area contributed by atoms with Crippen LogP contribution in [0.25, 0.3) is 0 Å². The number of carbonyl (C=O) groups excluding carboxylic acids is 3. The van der Waals surface area contributed by atoms with Crippen LogP contribution in [0.2, 0.25) is 0 Å². The van der Waals surface area contributed by atoms with Gasteiger partial charge in [0, 0.05) is 5.88 Å². The van der Waals surface area contributed by atoms with E-state index in [-0.39, 0.29) is 6.61 Å². The van der Waals surface area contributed by atoms with Crippen molar-refractivity contribution in [3.63, 3.8) is 0 Å². The fourth-order valence-electron chi connectivity index (χ4n) is 0.377. The molecule has 0 aromatic carbocycles. The highest BCUT2D eigenvalue weighted by molar-refractivity contribution is 6.17. The summed E-state index contributed by atoms with van der Waals surface area (Å²) in [7, 11) is 0. The molecule has 0 saturated heterocycles. The highest BCUT2D eigenvalue weighted by Crippen LogP contribution is 1.82. The second-order valence-corrected chi connectivity index (χ2v) is 2.30. The van der Waals surface area contributed by atoms with Crippen molar-refractivity contribution in [3.8, 4) is 0 Å². The van der Waals surface area contributed by atoms with E-state index < -0.39 is 6.09 Å². The second-order valence-electron chi connectivity index (χ2n) is 1.92. The van der Waals surface area contributed by atoms with Crippen molar-refractivity contribution >= 4 is 29.9 Å². The van der Waals surface area contributed by atoms with Gasteiger partial charge in [0.05, 0.1) is 13.2 Å². The first-order valence-corrected chi connectivity index (χ1v) is 4.60. The van der Waals surface area contributed by atoms with Gasteiger partial charge in [-0.2, -0.15) is 0 Å². The predicted octanol–water partition coefficient (Wildman–Crippen LogP) is 1.43. The zero-order valence-electron chi connectivity index (χ0n) is 8.23. The number of isocyanates is 2. The maximum Gasteiger partial charge on any atom is 0.444 e. The first-order valence-electron chi connectivity index (χ1n) is 4.07. The van der Waals surface area contributed by atoms with E-state index in [0.717, 1.165) is 12.5 Å². The third-order valence-corrected chi connectivity index (χ3v) is 1.14. The number of halogens is 1. The van der Waals surface area contributed by atoms with E-state index in [2.05, 4.69) is 14.7 Å². The molecule has 1 amide bonds. The Morgan fingerprint density at radius 2 is 2.07 bits per heavy atom. The third kappa shape index (κ3) is 19.1. The van der Waals surface area contributed by atoms with Crippen LogP contribution in [0.3, 0.4) is 0 Å². The minimum Gasteiger partial charge on any atom is -0.448 e. The fourth-order valence-corrected chi connectivity index (χ4v) is 0.497. The average Bonchev–Trinajstić information content (AvgIpc) is 2.20. The molecule has 6 nitrogen and oxygen atoms in total. The van der Waals surface area contributed by atoms with Crippen LogP contribution in [-0.2, 0) is 14.3 Å². The minimum atomic E-state index is -0.887. The van der Waals surface area contributed by atoms with Gasteiger partial charge < -0.3 is 4.74 Å². The van der Waals surface area contributed by atoms with E-state index in [0.29, 0.717) is 12.4 Å². The van der Waals surface area contributed by atoms with Crippen LogP contribution in [0.1, 0.15) is 13.3 Å². The van der Waals surface area contributed by atoms with Crippen molar-refractivity contribution in [3.05, 3.63) is 0 Å². The molecule has 7 heteroatoms. The molecule has 0 bridgehead atoms. The van der Waals surface area contributed by atoms with Gasteiger partial charge in [0.2, 0.25) is 12.2 Å². The molecule has 0 fully saturated rings. The SMILES string of the molecule is CCOC(=O)N=C=O.O=C=NCCCCl. The molecule has 0 heterocycles. The Balaban J connectivity index is 0. The Labute approximate surface area is 92.0 Å². The smallest absolute Gasteiger partial charge is 0.444 e. The maximum absolute atomic E-state index is 9.99. The van der Waals surface area contributed by atoms with Gasteiger partial charge in [0.1, 0.15) is 0 Å². The summed E-state index contributed by atoms with van der Waals surface area (Å²) >= 11 is 5.25. The summed E-state index contributed by atoms with van der Waals surface area (Å²) in [6, 6.07) is 0. The number of hydrogen-bond donors (Lipinski definition) is 0. The lowest BCUT2D eigenvalue weighted by molar-refractivity contribution is 0.163. The van der Waals surface area contributed by atoms with Gasteiger partial charge in [0.15, 0.2) is 0 Å². The number of ether oxygens (including phenoxy) is 1. The van der Waals surface area contributed by atoms with Crippen molar-refractivity contribution < 1.29 is 19.1 Å². The van der Waals surface area contributed by atoms with Gasteiger partial charge in [-0.3, -0.25) is 0 Å². The topological polar surface area (TPSA) is 85.2 Å². The zero-order chi connectivity index (χ0) is 11.9. The molecule has 0 saturated carbocycles. The van der Waals surface area contributed by atoms with E-state index >= 15 is 0 Å². The minimum absolute atomic E-state index is 0.226. The number of amides is 1. The highest BCUT2D eigenvalue weighted by Gasteiger charge is 1.91. The van der Waals surface area contributed by atoms with Crippen LogP contribution in [0.5, 0.6) is 0 Å². The summed E-state index contributed by atoms with van der Waals surface area (Å²) in [6.45, 7) is 2.36. The summed E-state index contributed by atoms with van der Waals surface area (Å²) in [5.74, 6) is 0.561. The molecule has 15 heavy (non-hydrogen) atoms. The lowest BCUT2D eigenvalue weighted by Gasteiger charge is -1.88. The fraction of sp³-hybridized carbons (Fsp3) is 0.625. The lowest BCUT2D eigenvalue weighted by atomic mass is 10.5. The first-order chi connectivity index (χ1) is 7.22. The van der Waals surface area contributed by atoms with Crippen molar-refractivity contribution in [2.45, 2.75) is 13.3 Å². The van der Waals surface area contributed by atoms with E-state index in [1.54, 1.807) is 6.92 Å². The third-order valence-electron chi connectivity index (χ3n) is 0.873. The van der Waals surface area contributed by atoms with Gasteiger partial charge in [-0.05, 0) is 13.3 Å². The Morgan fingerprint density at radius 1 is 1.40 bits per heavy atom. The zero-order valence-corrected chi connectivity index (χ0v) is 8.99. The Morgan fingerprint density at radius 3 is 2.47 bits per heavy atom. The molecule has 0 aliphatic carbocycles. The second kappa shape index (κ2) is 15.0. The van der Waals surface area contributed by atoms with Crippen LogP contribution < -0.4 is 0 Å². The number of nitrogens with zero attached hydrogens (tertiary/aromatic N) is 2. The Kier molecular flexibility index (Phi) is 16.0. The number of hydrogen-bond acceptors (Lipinski definition) is 5. The van der Waals surface area contributed by atoms with Crippen molar-refractivity contribution in [2.24, 2.45) is 9.98 Å². The van der Waals surface area contributed by atoms with Gasteiger partial charge in [-0.15, -0.1) is 11.6 Å². The molecular formula is C8H11ClN2O4. The molecule has 84 valence electrons. The Bertz CT molecular complexity index is 257. The van der Waals surface area contributed by atoms with Crippen LogP contribution in [0.4, 0.5) is 4.79 Å². The van der Waals surface area contributed by atoms with Crippen molar-refractivity contribution in [2.75, 3.05) is 19.0 Å². The van der Waals surface area contributed by atoms with Crippen molar-refractivity contribution in [1.82, 2.24) is 0 Å². The number of rotatable bonds is 4.